The van der Waals surface area contributed by atoms with Gasteiger partial charge in [0.25, 0.3) is 0 Å². The lowest BCUT2D eigenvalue weighted by Crippen LogP contribution is -2.51. The van der Waals surface area contributed by atoms with E-state index < -0.39 is 29.3 Å². The van der Waals surface area contributed by atoms with E-state index in [1.807, 2.05) is 0 Å². The highest BCUT2D eigenvalue weighted by molar-refractivity contribution is 6.16. The zero-order chi connectivity index (χ0) is 22.9. The van der Waals surface area contributed by atoms with Crippen LogP contribution in [-0.2, 0) is 43.5 Å². The number of rotatable bonds is 5. The van der Waals surface area contributed by atoms with Gasteiger partial charge < -0.3 is 29.6 Å². The molecule has 1 atom stereocenters. The van der Waals surface area contributed by atoms with Crippen molar-refractivity contribution in [3.8, 4) is 0 Å². The van der Waals surface area contributed by atoms with Crippen LogP contribution < -0.4 is 10.6 Å². The Hall–Kier alpha value is -3.82. The number of carbonyl (C=O) groups excluding carboxylic acids is 4. The van der Waals surface area contributed by atoms with Gasteiger partial charge in [-0.3, -0.25) is 4.79 Å². The third-order valence-electron chi connectivity index (χ3n) is 5.18. The van der Waals surface area contributed by atoms with Gasteiger partial charge in [-0.2, -0.15) is 0 Å². The molecule has 0 fully saturated rings. The Kier molecular flexibility index (Phi) is 5.74. The van der Waals surface area contributed by atoms with Crippen LogP contribution in [0.3, 0.4) is 0 Å². The maximum atomic E-state index is 13.3. The summed E-state index contributed by atoms with van der Waals surface area (Å²) in [7, 11) is 2.32. The summed E-state index contributed by atoms with van der Waals surface area (Å²) in [5, 5.41) is 0. The highest BCUT2D eigenvalue weighted by atomic mass is 16.6. The van der Waals surface area contributed by atoms with E-state index >= 15 is 0 Å². The number of allylic oxidation sites excluding steroid dienone is 1. The minimum Gasteiger partial charge on any atom is -0.468 e. The number of methoxy groups -OCH3 is 2. The molecule has 0 aliphatic carbocycles. The molecule has 0 bridgehead atoms. The summed E-state index contributed by atoms with van der Waals surface area (Å²) in [4.78, 5) is 52.6. The van der Waals surface area contributed by atoms with E-state index in [-0.39, 0.29) is 41.4 Å². The van der Waals surface area contributed by atoms with Gasteiger partial charge in [0.2, 0.25) is 0 Å². The lowest BCUT2D eigenvalue weighted by atomic mass is 9.66. The Morgan fingerprint density at radius 3 is 2.39 bits per heavy atom. The van der Waals surface area contributed by atoms with Crippen molar-refractivity contribution < 1.29 is 38.1 Å². The van der Waals surface area contributed by atoms with Gasteiger partial charge in [0.05, 0.1) is 20.8 Å². The molecule has 10 heteroatoms. The van der Waals surface area contributed by atoms with E-state index in [2.05, 4.69) is 0 Å². The number of hydrogen-bond acceptors (Lipinski definition) is 10. The Morgan fingerprint density at radius 1 is 1.10 bits per heavy atom. The van der Waals surface area contributed by atoms with Crippen LogP contribution in [0, 0.1) is 0 Å². The molecule has 0 aromatic heterocycles. The van der Waals surface area contributed by atoms with Crippen molar-refractivity contribution in [2.75, 3.05) is 32.3 Å². The van der Waals surface area contributed by atoms with E-state index in [4.69, 9.17) is 24.7 Å². The van der Waals surface area contributed by atoms with Gasteiger partial charge in [0.1, 0.15) is 29.3 Å². The van der Waals surface area contributed by atoms with Crippen molar-refractivity contribution >= 4 is 29.6 Å². The van der Waals surface area contributed by atoms with Crippen molar-refractivity contribution in [1.82, 2.24) is 0 Å². The average molecular weight is 430 g/mol. The predicted molar refractivity (Wildman–Crippen MR) is 106 cm³/mol. The zero-order valence-electron chi connectivity index (χ0n) is 17.5. The van der Waals surface area contributed by atoms with Gasteiger partial charge in [0, 0.05) is 11.3 Å². The topological polar surface area (TPSA) is 134 Å². The molecule has 3 rings (SSSR count). The van der Waals surface area contributed by atoms with Gasteiger partial charge in [-0.1, -0.05) is 18.2 Å². The van der Waals surface area contributed by atoms with Crippen LogP contribution >= 0.6 is 0 Å². The fraction of sp³-hybridized carbons (Fsp3) is 0.333. The lowest BCUT2D eigenvalue weighted by molar-refractivity contribution is -0.146. The molecule has 0 saturated carbocycles. The molecular weight excluding hydrogens is 408 g/mol. The van der Waals surface area contributed by atoms with E-state index in [0.29, 0.717) is 5.69 Å². The van der Waals surface area contributed by atoms with Crippen molar-refractivity contribution in [3.63, 3.8) is 0 Å². The predicted octanol–water partition coefficient (Wildman–Crippen LogP) is 0.655. The number of hydrogen-bond donors (Lipinski definition) is 1. The molecule has 2 aliphatic heterocycles. The number of benzene rings is 1. The van der Waals surface area contributed by atoms with Crippen molar-refractivity contribution in [3.05, 3.63) is 52.6 Å². The third-order valence-corrected chi connectivity index (χ3v) is 5.18. The van der Waals surface area contributed by atoms with Gasteiger partial charge in [-0.25, -0.2) is 14.4 Å². The summed E-state index contributed by atoms with van der Waals surface area (Å²) >= 11 is 0. The molecule has 1 spiro atoms. The van der Waals surface area contributed by atoms with Crippen molar-refractivity contribution in [2.24, 2.45) is 5.73 Å². The van der Waals surface area contributed by atoms with E-state index in [9.17, 15) is 19.2 Å². The largest absolute Gasteiger partial charge is 0.468 e. The molecule has 0 amide bonds. The number of carbonyl (C=O) groups is 4. The number of esters is 4. The second-order valence-corrected chi connectivity index (χ2v) is 6.72. The molecule has 31 heavy (non-hydrogen) atoms. The fourth-order valence-electron chi connectivity index (χ4n) is 3.95. The Bertz CT molecular complexity index is 1040. The second kappa shape index (κ2) is 8.13. The van der Waals surface area contributed by atoms with Crippen LogP contribution in [0.1, 0.15) is 19.4 Å². The van der Waals surface area contributed by atoms with Crippen LogP contribution in [0.2, 0.25) is 0 Å². The van der Waals surface area contributed by atoms with Gasteiger partial charge >= 0.3 is 23.9 Å². The van der Waals surface area contributed by atoms with E-state index in [0.717, 1.165) is 7.11 Å². The molecular formula is C21H22N2O8. The van der Waals surface area contributed by atoms with Crippen LogP contribution in [0.5, 0.6) is 0 Å². The summed E-state index contributed by atoms with van der Waals surface area (Å²) in [5.74, 6) is -3.60. The summed E-state index contributed by atoms with van der Waals surface area (Å²) in [5.41, 5.74) is 4.34. The first-order valence-corrected chi connectivity index (χ1v) is 9.38. The number of nitrogens with zero attached hydrogens (tertiary/aromatic N) is 1. The first-order valence-electron chi connectivity index (χ1n) is 9.38. The summed E-state index contributed by atoms with van der Waals surface area (Å²) in [6, 6.07) is 6.43. The van der Waals surface area contributed by atoms with Crippen LogP contribution in [-0.4, -0.2) is 51.2 Å². The normalized spacial score (nSPS) is 19.9. The third kappa shape index (κ3) is 3.11. The number of para-hydroxylation sites is 1. The fourth-order valence-corrected chi connectivity index (χ4v) is 3.95. The van der Waals surface area contributed by atoms with Crippen molar-refractivity contribution in [2.45, 2.75) is 19.3 Å². The number of ether oxygens (including phenoxy) is 4. The molecule has 1 aromatic rings. The van der Waals surface area contributed by atoms with Gasteiger partial charge in [-0.05, 0) is 19.9 Å². The summed E-state index contributed by atoms with van der Waals surface area (Å²) in [6.07, 6.45) is 0. The minimum atomic E-state index is -2.02. The number of nitrogens with two attached hydrogens (primary N) is 1. The SMILES string of the molecule is CCOC(=O)C1=C(C)OC(=O)C12C(C(=O)OC)=C(N)N(CC(=O)OC)c1ccccc12. The van der Waals surface area contributed by atoms with Crippen LogP contribution in [0.15, 0.2) is 47.0 Å². The highest BCUT2D eigenvalue weighted by Gasteiger charge is 2.63. The average Bonchev–Trinajstić information content (AvgIpc) is 3.01. The number of anilines is 1. The molecule has 0 radical (unpaired) electrons. The highest BCUT2D eigenvalue weighted by Crippen LogP contribution is 2.53. The standard InChI is InChI=1S/C21H22N2O8/c1-5-30-19(26)15-11(2)31-20(27)21(15)12-8-6-7-9-13(12)23(10-14(24)28-3)17(22)16(21)18(25)29-4/h6-9H,5,10,22H2,1-4H3. The molecule has 2 heterocycles. The van der Waals surface area contributed by atoms with Gasteiger partial charge in [-0.15, -0.1) is 0 Å². The minimum absolute atomic E-state index is 0.0196. The second-order valence-electron chi connectivity index (χ2n) is 6.72. The summed E-state index contributed by atoms with van der Waals surface area (Å²) in [6.45, 7) is 2.72. The maximum absolute atomic E-state index is 13.3. The molecule has 1 aromatic carbocycles. The molecule has 0 saturated heterocycles. The van der Waals surface area contributed by atoms with Crippen LogP contribution in [0.25, 0.3) is 0 Å². The van der Waals surface area contributed by atoms with Crippen molar-refractivity contribution in [1.29, 1.82) is 0 Å². The maximum Gasteiger partial charge on any atom is 0.339 e. The molecule has 2 N–H and O–H groups in total. The monoisotopic (exact) mass is 430 g/mol. The quantitative estimate of drug-likeness (QED) is 0.524. The van der Waals surface area contributed by atoms with E-state index in [1.165, 1.54) is 18.9 Å². The Morgan fingerprint density at radius 2 is 1.77 bits per heavy atom. The van der Waals surface area contributed by atoms with E-state index in [1.54, 1.807) is 31.2 Å². The Labute approximate surface area is 178 Å². The zero-order valence-corrected chi connectivity index (χ0v) is 17.5. The first kappa shape index (κ1) is 21.9. The molecule has 1 unspecified atom stereocenters. The first-order chi connectivity index (χ1) is 14.7. The molecule has 10 nitrogen and oxygen atoms in total. The smallest absolute Gasteiger partial charge is 0.339 e. The molecule has 2 aliphatic rings. The summed E-state index contributed by atoms with van der Waals surface area (Å²) < 4.78 is 20.1. The van der Waals surface area contributed by atoms with Gasteiger partial charge in [0.15, 0.2) is 5.41 Å². The lowest BCUT2D eigenvalue weighted by Gasteiger charge is -2.40. The number of fused-ring (bicyclic) bond motifs is 2. The molecule has 164 valence electrons. The Balaban J connectivity index is 2.42. The number of cyclic esters (lactones) is 1. The van der Waals surface area contributed by atoms with Crippen LogP contribution in [0.4, 0.5) is 5.69 Å².